The standard InChI is InChI=1S/C12H9BrO4S/c13-8-1-2-9-7(5-18-6-11(14)15)3-12(16)17-10(9)4-8/h1-4H,5-6H2,(H,14,15). The fourth-order valence-electron chi connectivity index (χ4n) is 1.57. The zero-order chi connectivity index (χ0) is 13.1. The maximum atomic E-state index is 11.4. The summed E-state index contributed by atoms with van der Waals surface area (Å²) in [6.07, 6.45) is 0. The number of fused-ring (bicyclic) bond motifs is 1. The van der Waals surface area contributed by atoms with Crippen molar-refractivity contribution < 1.29 is 14.3 Å². The van der Waals surface area contributed by atoms with E-state index in [1.807, 2.05) is 12.1 Å². The number of hydrogen-bond acceptors (Lipinski definition) is 4. The van der Waals surface area contributed by atoms with Crippen molar-refractivity contribution in [3.05, 3.63) is 44.7 Å². The van der Waals surface area contributed by atoms with Crippen LogP contribution in [0.2, 0.25) is 0 Å². The van der Waals surface area contributed by atoms with E-state index in [1.165, 1.54) is 17.8 Å². The van der Waals surface area contributed by atoms with Gasteiger partial charge in [0.15, 0.2) is 0 Å². The van der Waals surface area contributed by atoms with Crippen LogP contribution in [-0.4, -0.2) is 16.8 Å². The summed E-state index contributed by atoms with van der Waals surface area (Å²) in [6.45, 7) is 0. The number of carboxylic acid groups (broad SMARTS) is 1. The second-order valence-corrected chi connectivity index (χ2v) is 5.52. The molecule has 1 aromatic heterocycles. The molecule has 1 N–H and O–H groups in total. The normalized spacial score (nSPS) is 10.7. The maximum Gasteiger partial charge on any atom is 0.336 e. The average molecular weight is 329 g/mol. The van der Waals surface area contributed by atoms with Crippen LogP contribution in [-0.2, 0) is 10.5 Å². The molecule has 0 spiro atoms. The first-order chi connectivity index (χ1) is 8.56. The van der Waals surface area contributed by atoms with Gasteiger partial charge in [-0.3, -0.25) is 4.79 Å². The van der Waals surface area contributed by atoms with Crippen LogP contribution >= 0.6 is 27.7 Å². The van der Waals surface area contributed by atoms with E-state index in [9.17, 15) is 9.59 Å². The molecule has 0 atom stereocenters. The summed E-state index contributed by atoms with van der Waals surface area (Å²) in [6, 6.07) is 6.83. The minimum Gasteiger partial charge on any atom is -0.481 e. The maximum absolute atomic E-state index is 11.4. The third kappa shape index (κ3) is 3.14. The van der Waals surface area contributed by atoms with Gasteiger partial charge in [-0.25, -0.2) is 4.79 Å². The molecule has 1 heterocycles. The van der Waals surface area contributed by atoms with Gasteiger partial charge in [-0.1, -0.05) is 15.9 Å². The van der Waals surface area contributed by atoms with Crippen molar-refractivity contribution in [2.75, 3.05) is 5.75 Å². The Bertz CT molecular complexity index is 650. The summed E-state index contributed by atoms with van der Waals surface area (Å²) in [5.74, 6) is -0.385. The molecule has 1 aromatic carbocycles. The summed E-state index contributed by atoms with van der Waals surface area (Å²) in [4.78, 5) is 21.9. The summed E-state index contributed by atoms with van der Waals surface area (Å²) in [5.41, 5.74) is 0.870. The highest BCUT2D eigenvalue weighted by Gasteiger charge is 2.07. The van der Waals surface area contributed by atoms with Crippen LogP contribution in [0.25, 0.3) is 11.0 Å². The number of carbonyl (C=O) groups is 1. The van der Waals surface area contributed by atoms with E-state index < -0.39 is 11.6 Å². The highest BCUT2D eigenvalue weighted by atomic mass is 79.9. The zero-order valence-electron chi connectivity index (χ0n) is 9.18. The number of hydrogen-bond donors (Lipinski definition) is 1. The molecule has 18 heavy (non-hydrogen) atoms. The highest BCUT2D eigenvalue weighted by molar-refractivity contribution is 9.10. The molecule has 0 unspecified atom stereocenters. The van der Waals surface area contributed by atoms with Crippen LogP contribution in [0.4, 0.5) is 0 Å². The van der Waals surface area contributed by atoms with Gasteiger partial charge >= 0.3 is 11.6 Å². The van der Waals surface area contributed by atoms with Crippen LogP contribution in [0.1, 0.15) is 5.56 Å². The molecule has 0 saturated heterocycles. The van der Waals surface area contributed by atoms with Crippen LogP contribution in [0, 0.1) is 0 Å². The number of benzene rings is 1. The van der Waals surface area contributed by atoms with Crippen LogP contribution < -0.4 is 5.63 Å². The molecule has 6 heteroatoms. The third-order valence-electron chi connectivity index (χ3n) is 2.28. The lowest BCUT2D eigenvalue weighted by Gasteiger charge is -2.04. The Hall–Kier alpha value is -1.27. The molecule has 0 bridgehead atoms. The molecule has 94 valence electrons. The van der Waals surface area contributed by atoms with Gasteiger partial charge in [-0.2, -0.15) is 0 Å². The molecule has 0 aliphatic rings. The van der Waals surface area contributed by atoms with Crippen molar-refractivity contribution in [3.8, 4) is 0 Å². The molecular formula is C12H9BrO4S. The van der Waals surface area contributed by atoms with Gasteiger partial charge in [0.05, 0.1) is 5.75 Å². The van der Waals surface area contributed by atoms with E-state index >= 15 is 0 Å². The molecule has 0 aliphatic heterocycles. The lowest BCUT2D eigenvalue weighted by Crippen LogP contribution is -2.02. The lowest BCUT2D eigenvalue weighted by atomic mass is 10.1. The smallest absolute Gasteiger partial charge is 0.336 e. The zero-order valence-corrected chi connectivity index (χ0v) is 11.6. The van der Waals surface area contributed by atoms with Gasteiger partial charge in [0.2, 0.25) is 0 Å². The van der Waals surface area contributed by atoms with Crippen LogP contribution in [0.5, 0.6) is 0 Å². The van der Waals surface area contributed by atoms with E-state index in [-0.39, 0.29) is 5.75 Å². The Labute approximate surface area is 115 Å². The van der Waals surface area contributed by atoms with Crippen molar-refractivity contribution >= 4 is 44.6 Å². The van der Waals surface area contributed by atoms with Gasteiger partial charge in [0, 0.05) is 21.7 Å². The van der Waals surface area contributed by atoms with Gasteiger partial charge in [0.25, 0.3) is 0 Å². The Kier molecular flexibility index (Phi) is 4.08. The highest BCUT2D eigenvalue weighted by Crippen LogP contribution is 2.24. The van der Waals surface area contributed by atoms with Gasteiger partial charge in [-0.15, -0.1) is 11.8 Å². The summed E-state index contributed by atoms with van der Waals surface area (Å²) >= 11 is 4.56. The summed E-state index contributed by atoms with van der Waals surface area (Å²) in [7, 11) is 0. The van der Waals surface area contributed by atoms with E-state index in [1.54, 1.807) is 6.07 Å². The fraction of sp³-hybridized carbons (Fsp3) is 0.167. The van der Waals surface area contributed by atoms with E-state index in [2.05, 4.69) is 15.9 Å². The van der Waals surface area contributed by atoms with E-state index in [0.29, 0.717) is 11.3 Å². The van der Waals surface area contributed by atoms with Crippen molar-refractivity contribution in [1.29, 1.82) is 0 Å². The van der Waals surface area contributed by atoms with E-state index in [4.69, 9.17) is 9.52 Å². The van der Waals surface area contributed by atoms with E-state index in [0.717, 1.165) is 15.4 Å². The van der Waals surface area contributed by atoms with Crippen molar-refractivity contribution in [2.24, 2.45) is 0 Å². The SMILES string of the molecule is O=C(O)CSCc1cc(=O)oc2cc(Br)ccc12. The molecule has 0 radical (unpaired) electrons. The molecule has 0 aliphatic carbocycles. The lowest BCUT2D eigenvalue weighted by molar-refractivity contribution is -0.133. The number of carboxylic acids is 1. The van der Waals surface area contributed by atoms with Crippen LogP contribution in [0.3, 0.4) is 0 Å². The third-order valence-corrected chi connectivity index (χ3v) is 3.73. The second-order valence-electron chi connectivity index (χ2n) is 3.62. The van der Waals surface area contributed by atoms with Crippen LogP contribution in [0.15, 0.2) is 37.9 Å². The molecule has 0 saturated carbocycles. The first-order valence-corrected chi connectivity index (χ1v) is 7.03. The number of rotatable bonds is 4. The summed E-state index contributed by atoms with van der Waals surface area (Å²) < 4.78 is 5.93. The minimum atomic E-state index is -0.866. The Morgan fingerprint density at radius 1 is 1.39 bits per heavy atom. The Morgan fingerprint density at radius 2 is 2.17 bits per heavy atom. The first kappa shape index (κ1) is 13.2. The first-order valence-electron chi connectivity index (χ1n) is 5.08. The quantitative estimate of drug-likeness (QED) is 0.874. The molecule has 2 aromatic rings. The summed E-state index contributed by atoms with van der Waals surface area (Å²) in [5, 5.41) is 9.42. The Morgan fingerprint density at radius 3 is 2.89 bits per heavy atom. The predicted molar refractivity (Wildman–Crippen MR) is 74.0 cm³/mol. The number of thioether (sulfide) groups is 1. The monoisotopic (exact) mass is 328 g/mol. The Balaban J connectivity index is 2.37. The molecular weight excluding hydrogens is 320 g/mol. The fourth-order valence-corrected chi connectivity index (χ4v) is 2.65. The topological polar surface area (TPSA) is 67.5 Å². The minimum absolute atomic E-state index is 0.0122. The predicted octanol–water partition coefficient (Wildman–Crippen LogP) is 2.87. The van der Waals surface area contributed by atoms with Crippen molar-refractivity contribution in [1.82, 2.24) is 0 Å². The van der Waals surface area contributed by atoms with Crippen molar-refractivity contribution in [2.45, 2.75) is 5.75 Å². The molecule has 4 nitrogen and oxygen atoms in total. The van der Waals surface area contributed by atoms with Crippen molar-refractivity contribution in [3.63, 3.8) is 0 Å². The largest absolute Gasteiger partial charge is 0.481 e. The second kappa shape index (κ2) is 5.58. The number of halogens is 1. The van der Waals surface area contributed by atoms with Gasteiger partial charge in [-0.05, 0) is 23.8 Å². The molecule has 0 fully saturated rings. The van der Waals surface area contributed by atoms with Gasteiger partial charge in [0.1, 0.15) is 5.58 Å². The average Bonchev–Trinajstić information content (AvgIpc) is 2.27. The molecule has 2 rings (SSSR count). The molecule has 0 amide bonds. The van der Waals surface area contributed by atoms with Gasteiger partial charge < -0.3 is 9.52 Å². The number of aliphatic carboxylic acids is 1.